The number of para-hydroxylation sites is 2. The molecule has 0 amide bonds. The first-order chi connectivity index (χ1) is 19.7. The number of hydrogen-bond acceptors (Lipinski definition) is 5. The Kier molecular flexibility index (Phi) is 9.42. The predicted molar refractivity (Wildman–Crippen MR) is 170 cm³/mol. The van der Waals surface area contributed by atoms with Crippen molar-refractivity contribution >= 4 is 16.6 Å². The summed E-state index contributed by atoms with van der Waals surface area (Å²) in [5.74, 6) is 0. The second-order valence-electron chi connectivity index (χ2n) is 10.7. The lowest BCUT2D eigenvalue weighted by atomic mass is 9.96. The Labute approximate surface area is 244 Å². The Balaban J connectivity index is 0.00000337. The van der Waals surface area contributed by atoms with E-state index in [1.807, 2.05) is 0 Å². The molecule has 0 spiro atoms. The third-order valence-electron chi connectivity index (χ3n) is 8.06. The summed E-state index contributed by atoms with van der Waals surface area (Å²) >= 11 is 0. The lowest BCUT2D eigenvalue weighted by molar-refractivity contribution is -0.0144. The molecule has 6 rings (SSSR count). The molecule has 0 saturated carbocycles. The quantitative estimate of drug-likeness (QED) is 0.189. The van der Waals surface area contributed by atoms with Crippen molar-refractivity contribution in [1.82, 2.24) is 16.0 Å². The summed E-state index contributed by atoms with van der Waals surface area (Å²) in [5.41, 5.74) is 7.04. The van der Waals surface area contributed by atoms with Gasteiger partial charge in [0.05, 0.1) is 23.0 Å². The van der Waals surface area contributed by atoms with Gasteiger partial charge in [0.15, 0.2) is 0 Å². The molecule has 0 bridgehead atoms. The van der Waals surface area contributed by atoms with Crippen molar-refractivity contribution in [3.63, 3.8) is 0 Å². The molecule has 1 aliphatic heterocycles. The van der Waals surface area contributed by atoms with Crippen LogP contribution >= 0.6 is 0 Å². The van der Waals surface area contributed by atoms with E-state index in [2.05, 4.69) is 138 Å². The fourth-order valence-corrected chi connectivity index (χ4v) is 5.76. The highest BCUT2D eigenvalue weighted by molar-refractivity contribution is 5.85. The van der Waals surface area contributed by atoms with Crippen molar-refractivity contribution < 1.29 is 4.84 Å². The number of anilines is 1. The molecule has 1 saturated heterocycles. The van der Waals surface area contributed by atoms with Crippen LogP contribution in [-0.2, 0) is 11.3 Å². The van der Waals surface area contributed by atoms with Crippen LogP contribution in [0.25, 0.3) is 22.2 Å². The van der Waals surface area contributed by atoms with Gasteiger partial charge in [-0.15, -0.1) is 0 Å². The number of rotatable bonds is 9. The third kappa shape index (κ3) is 6.83. The zero-order valence-corrected chi connectivity index (χ0v) is 23.9. The minimum Gasteiger partial charge on any atom is -0.344 e. The number of piperidine rings is 1. The molecule has 1 unspecified atom stereocenters. The zero-order chi connectivity index (χ0) is 27.1. The minimum absolute atomic E-state index is 0. The molecule has 2 heterocycles. The first-order valence-corrected chi connectivity index (χ1v) is 14.5. The van der Waals surface area contributed by atoms with E-state index in [0.717, 1.165) is 61.4 Å². The fraction of sp³-hybridized carbons (Fsp3) is 0.250. The number of nitrogens with zero attached hydrogens (tertiary/aromatic N) is 3. The molecular formula is C36H40N4O. The Bertz CT molecular complexity index is 1500. The monoisotopic (exact) mass is 544 g/mol. The van der Waals surface area contributed by atoms with Crippen LogP contribution in [0.1, 0.15) is 36.9 Å². The van der Waals surface area contributed by atoms with Gasteiger partial charge in [-0.05, 0) is 61.6 Å². The highest BCUT2D eigenvalue weighted by atomic mass is 16.7. The second-order valence-corrected chi connectivity index (χ2v) is 10.7. The molecule has 1 fully saturated rings. The number of aromatic nitrogens is 1. The maximum Gasteiger partial charge on any atom is 0.0881 e. The van der Waals surface area contributed by atoms with Crippen molar-refractivity contribution in [3.8, 4) is 11.3 Å². The molecule has 1 atom stereocenters. The Hall–Kier alpha value is -4.03. The van der Waals surface area contributed by atoms with E-state index >= 15 is 0 Å². The number of hydrogen-bond donors (Lipinski definition) is 1. The van der Waals surface area contributed by atoms with E-state index in [1.165, 1.54) is 16.5 Å². The van der Waals surface area contributed by atoms with Crippen LogP contribution in [0.4, 0.5) is 5.69 Å². The molecule has 0 aliphatic carbocycles. The van der Waals surface area contributed by atoms with Crippen molar-refractivity contribution in [3.05, 3.63) is 132 Å². The van der Waals surface area contributed by atoms with Crippen LogP contribution in [0.3, 0.4) is 0 Å². The van der Waals surface area contributed by atoms with Crippen LogP contribution in [0.15, 0.2) is 121 Å². The number of fused-ring (bicyclic) bond motifs is 1. The van der Waals surface area contributed by atoms with Crippen LogP contribution in [0.2, 0.25) is 0 Å². The third-order valence-corrected chi connectivity index (χ3v) is 8.06. The zero-order valence-electron chi connectivity index (χ0n) is 23.9. The van der Waals surface area contributed by atoms with Gasteiger partial charge in [0.2, 0.25) is 0 Å². The van der Waals surface area contributed by atoms with E-state index in [1.54, 1.807) is 0 Å². The largest absolute Gasteiger partial charge is 0.344 e. The van der Waals surface area contributed by atoms with E-state index < -0.39 is 0 Å². The summed E-state index contributed by atoms with van der Waals surface area (Å²) < 4.78 is 0. The highest BCUT2D eigenvalue weighted by Gasteiger charge is 2.27. The summed E-state index contributed by atoms with van der Waals surface area (Å²) in [6, 6.07) is 42.8. The molecule has 1 aromatic heterocycles. The maximum atomic E-state index is 6.68. The molecule has 5 nitrogen and oxygen atoms in total. The van der Waals surface area contributed by atoms with Gasteiger partial charge in [-0.25, -0.2) is 4.98 Å². The van der Waals surface area contributed by atoms with Crippen molar-refractivity contribution in [2.75, 3.05) is 24.7 Å². The van der Waals surface area contributed by atoms with Gasteiger partial charge < -0.3 is 6.15 Å². The SMILES string of the molecule is CC(c1cc(-c2ccccc2)nc2ccccc12)N1CCC(ON(CCc2ccccc2)c2ccccc2)CC1.N. The Morgan fingerprint density at radius 2 is 1.41 bits per heavy atom. The first kappa shape index (κ1) is 28.5. The van der Waals surface area contributed by atoms with Crippen LogP contribution in [0, 0.1) is 0 Å². The lowest BCUT2D eigenvalue weighted by Gasteiger charge is -2.38. The van der Waals surface area contributed by atoms with Crippen molar-refractivity contribution in [2.45, 2.75) is 38.3 Å². The standard InChI is InChI=1S/C36H37N3O.H3N/c1-28(34-27-36(30-15-7-3-8-16-30)37-35-20-12-11-19-33(34)35)38-24-22-32(23-25-38)40-39(31-17-9-4-10-18-31)26-21-29-13-5-2-6-14-29;/h2-20,27-28,32H,21-26H2,1H3;1H3. The maximum absolute atomic E-state index is 6.68. The summed E-state index contributed by atoms with van der Waals surface area (Å²) in [6.07, 6.45) is 3.17. The Morgan fingerprint density at radius 1 is 0.805 bits per heavy atom. The molecule has 0 radical (unpaired) electrons. The summed E-state index contributed by atoms with van der Waals surface area (Å²) in [4.78, 5) is 14.3. The molecule has 3 N–H and O–H groups in total. The van der Waals surface area contributed by atoms with Gasteiger partial charge in [0, 0.05) is 36.6 Å². The van der Waals surface area contributed by atoms with E-state index in [0.29, 0.717) is 6.04 Å². The molecule has 5 heteroatoms. The average molecular weight is 545 g/mol. The van der Waals surface area contributed by atoms with Crippen molar-refractivity contribution in [2.24, 2.45) is 0 Å². The predicted octanol–water partition coefficient (Wildman–Crippen LogP) is 8.27. The molecule has 1 aliphatic rings. The number of pyridine rings is 1. The number of benzene rings is 4. The van der Waals surface area contributed by atoms with Crippen LogP contribution < -0.4 is 11.2 Å². The van der Waals surface area contributed by atoms with Gasteiger partial charge in [0.25, 0.3) is 0 Å². The molecule has 4 aromatic carbocycles. The van der Waals surface area contributed by atoms with E-state index in [4.69, 9.17) is 9.82 Å². The molecule has 210 valence electrons. The van der Waals surface area contributed by atoms with Gasteiger partial charge in [-0.1, -0.05) is 97.1 Å². The highest BCUT2D eigenvalue weighted by Crippen LogP contribution is 2.33. The normalized spacial score (nSPS) is 14.9. The van der Waals surface area contributed by atoms with Crippen LogP contribution in [-0.4, -0.2) is 35.6 Å². The van der Waals surface area contributed by atoms with Crippen molar-refractivity contribution in [1.29, 1.82) is 0 Å². The number of likely N-dealkylation sites (tertiary alicyclic amines) is 1. The average Bonchev–Trinajstić information content (AvgIpc) is 3.04. The van der Waals surface area contributed by atoms with Gasteiger partial charge >= 0.3 is 0 Å². The summed E-state index contributed by atoms with van der Waals surface area (Å²) in [7, 11) is 0. The van der Waals surface area contributed by atoms with Gasteiger partial charge in [0.1, 0.15) is 0 Å². The topological polar surface area (TPSA) is 63.6 Å². The smallest absolute Gasteiger partial charge is 0.0881 e. The van der Waals surface area contributed by atoms with E-state index in [9.17, 15) is 0 Å². The van der Waals surface area contributed by atoms with E-state index in [-0.39, 0.29) is 12.3 Å². The fourth-order valence-electron chi connectivity index (χ4n) is 5.76. The van der Waals surface area contributed by atoms with Gasteiger partial charge in [-0.3, -0.25) is 14.8 Å². The van der Waals surface area contributed by atoms with Gasteiger partial charge in [-0.2, -0.15) is 0 Å². The number of hydroxylamine groups is 1. The summed E-state index contributed by atoms with van der Waals surface area (Å²) in [6.45, 7) is 5.18. The lowest BCUT2D eigenvalue weighted by Crippen LogP contribution is -2.41. The Morgan fingerprint density at radius 3 is 2.12 bits per heavy atom. The summed E-state index contributed by atoms with van der Waals surface area (Å²) in [5, 5.41) is 3.35. The van der Waals surface area contributed by atoms with Crippen LogP contribution in [0.5, 0.6) is 0 Å². The second kappa shape index (κ2) is 13.6. The molecule has 5 aromatic rings. The minimum atomic E-state index is 0. The molecular weight excluding hydrogens is 504 g/mol. The first-order valence-electron chi connectivity index (χ1n) is 14.5. The molecule has 41 heavy (non-hydrogen) atoms.